The molecule has 116 valence electrons. The summed E-state index contributed by atoms with van der Waals surface area (Å²) in [4.78, 5) is 27.3. The van der Waals surface area contributed by atoms with E-state index in [-0.39, 0.29) is 24.5 Å². The topological polar surface area (TPSA) is 60.9 Å². The summed E-state index contributed by atoms with van der Waals surface area (Å²) in [6, 6.07) is -0.255. The Morgan fingerprint density at radius 3 is 2.15 bits per heavy atom. The van der Waals surface area contributed by atoms with Crippen molar-refractivity contribution in [3.05, 3.63) is 0 Å². The molecule has 1 N–H and O–H groups in total. The number of carbonyl (C=O) groups is 2. The predicted molar refractivity (Wildman–Crippen MR) is 78.6 cm³/mol. The Kier molecular flexibility index (Phi) is 6.99. The maximum absolute atomic E-state index is 12.6. The van der Waals surface area contributed by atoms with Crippen molar-refractivity contribution in [2.24, 2.45) is 0 Å². The fourth-order valence-electron chi connectivity index (χ4n) is 2.70. The van der Waals surface area contributed by atoms with E-state index in [2.05, 4.69) is 4.90 Å². The van der Waals surface area contributed by atoms with Crippen LogP contribution in [0.2, 0.25) is 0 Å². The SMILES string of the molecule is CC[C@@H](C)N(CC(=O)O)C(=O)[C@@H](C)N1CCCCCC1. The van der Waals surface area contributed by atoms with Crippen molar-refractivity contribution >= 4 is 11.9 Å². The van der Waals surface area contributed by atoms with Gasteiger partial charge in [0.2, 0.25) is 5.91 Å². The first-order valence-corrected chi connectivity index (χ1v) is 7.73. The van der Waals surface area contributed by atoms with Gasteiger partial charge in [0.05, 0.1) is 6.04 Å². The second kappa shape index (κ2) is 8.25. The number of carboxylic acid groups (broad SMARTS) is 1. The van der Waals surface area contributed by atoms with E-state index < -0.39 is 5.97 Å². The number of hydrogen-bond donors (Lipinski definition) is 1. The number of carboxylic acids is 1. The van der Waals surface area contributed by atoms with Crippen LogP contribution in [-0.4, -0.2) is 58.5 Å². The first kappa shape index (κ1) is 17.0. The second-order valence-corrected chi connectivity index (χ2v) is 5.74. The number of aliphatic carboxylic acids is 1. The van der Waals surface area contributed by atoms with E-state index in [1.54, 1.807) is 0 Å². The van der Waals surface area contributed by atoms with Gasteiger partial charge in [-0.15, -0.1) is 0 Å². The normalized spacial score (nSPS) is 19.9. The van der Waals surface area contributed by atoms with Gasteiger partial charge in [0.1, 0.15) is 6.54 Å². The van der Waals surface area contributed by atoms with Gasteiger partial charge in [-0.1, -0.05) is 19.8 Å². The maximum Gasteiger partial charge on any atom is 0.323 e. The smallest absolute Gasteiger partial charge is 0.323 e. The zero-order valence-electron chi connectivity index (χ0n) is 13.0. The number of hydrogen-bond acceptors (Lipinski definition) is 3. The van der Waals surface area contributed by atoms with E-state index in [1.165, 1.54) is 17.7 Å². The summed E-state index contributed by atoms with van der Waals surface area (Å²) in [5, 5.41) is 9.01. The fourth-order valence-corrected chi connectivity index (χ4v) is 2.70. The molecule has 1 amide bonds. The lowest BCUT2D eigenvalue weighted by Gasteiger charge is -2.34. The molecule has 20 heavy (non-hydrogen) atoms. The number of amides is 1. The third-order valence-electron chi connectivity index (χ3n) is 4.26. The van der Waals surface area contributed by atoms with Crippen LogP contribution in [0, 0.1) is 0 Å². The average molecular weight is 284 g/mol. The molecule has 1 heterocycles. The fraction of sp³-hybridized carbons (Fsp3) is 0.867. The Labute approximate surface area is 121 Å². The molecule has 0 unspecified atom stereocenters. The Morgan fingerprint density at radius 1 is 1.15 bits per heavy atom. The van der Waals surface area contributed by atoms with Crippen molar-refractivity contribution in [2.75, 3.05) is 19.6 Å². The van der Waals surface area contributed by atoms with Gasteiger partial charge in [0.25, 0.3) is 0 Å². The van der Waals surface area contributed by atoms with E-state index in [4.69, 9.17) is 5.11 Å². The minimum Gasteiger partial charge on any atom is -0.480 e. The van der Waals surface area contributed by atoms with E-state index in [0.717, 1.165) is 32.4 Å². The first-order chi connectivity index (χ1) is 9.47. The summed E-state index contributed by atoms with van der Waals surface area (Å²) in [5.41, 5.74) is 0. The summed E-state index contributed by atoms with van der Waals surface area (Å²) in [5.74, 6) is -0.995. The Morgan fingerprint density at radius 2 is 1.70 bits per heavy atom. The van der Waals surface area contributed by atoms with Gasteiger partial charge in [-0.05, 0) is 46.2 Å². The Bertz CT molecular complexity index is 325. The van der Waals surface area contributed by atoms with E-state index >= 15 is 0 Å². The van der Waals surface area contributed by atoms with Gasteiger partial charge in [-0.25, -0.2) is 0 Å². The minimum atomic E-state index is -0.943. The summed E-state index contributed by atoms with van der Waals surface area (Å²) in [7, 11) is 0. The predicted octanol–water partition coefficient (Wildman–Crippen LogP) is 1.96. The second-order valence-electron chi connectivity index (χ2n) is 5.74. The summed E-state index contributed by atoms with van der Waals surface area (Å²) < 4.78 is 0. The van der Waals surface area contributed by atoms with Gasteiger partial charge in [0.15, 0.2) is 0 Å². The molecule has 5 nitrogen and oxygen atoms in total. The van der Waals surface area contributed by atoms with Crippen LogP contribution in [0.3, 0.4) is 0 Å². The molecule has 5 heteroatoms. The standard InChI is InChI=1S/C15H28N2O3/c1-4-12(2)17(11-14(18)19)15(20)13(3)16-9-7-5-6-8-10-16/h12-13H,4-11H2,1-3H3,(H,18,19)/t12-,13-/m1/s1. The minimum absolute atomic E-state index is 0.0342. The number of carbonyl (C=O) groups excluding carboxylic acids is 1. The molecule has 2 atom stereocenters. The van der Waals surface area contributed by atoms with Crippen LogP contribution in [0.25, 0.3) is 0 Å². The molecule has 1 aliphatic heterocycles. The lowest BCUT2D eigenvalue weighted by atomic mass is 10.1. The van der Waals surface area contributed by atoms with E-state index in [9.17, 15) is 9.59 Å². The zero-order chi connectivity index (χ0) is 15.1. The van der Waals surface area contributed by atoms with Crippen LogP contribution in [0.5, 0.6) is 0 Å². The molecule has 0 bridgehead atoms. The number of rotatable bonds is 6. The zero-order valence-corrected chi connectivity index (χ0v) is 13.0. The van der Waals surface area contributed by atoms with Gasteiger partial charge in [-0.3, -0.25) is 14.5 Å². The molecule has 0 spiro atoms. The van der Waals surface area contributed by atoms with Crippen molar-refractivity contribution in [1.29, 1.82) is 0 Å². The number of likely N-dealkylation sites (tertiary alicyclic amines) is 1. The monoisotopic (exact) mass is 284 g/mol. The molecule has 1 aliphatic rings. The quantitative estimate of drug-likeness (QED) is 0.810. The molecular formula is C15H28N2O3. The van der Waals surface area contributed by atoms with Gasteiger partial charge in [-0.2, -0.15) is 0 Å². The van der Waals surface area contributed by atoms with Crippen molar-refractivity contribution in [3.8, 4) is 0 Å². The molecule has 0 aromatic rings. The van der Waals surface area contributed by atoms with Crippen molar-refractivity contribution in [1.82, 2.24) is 9.80 Å². The molecule has 1 fully saturated rings. The summed E-state index contributed by atoms with van der Waals surface area (Å²) >= 11 is 0. The Hall–Kier alpha value is -1.10. The van der Waals surface area contributed by atoms with Crippen LogP contribution in [0.4, 0.5) is 0 Å². The highest BCUT2D eigenvalue weighted by Crippen LogP contribution is 2.15. The van der Waals surface area contributed by atoms with Crippen molar-refractivity contribution < 1.29 is 14.7 Å². The summed E-state index contributed by atoms with van der Waals surface area (Å²) in [6.07, 6.45) is 5.47. The van der Waals surface area contributed by atoms with Crippen molar-refractivity contribution in [2.45, 2.75) is 65.0 Å². The number of nitrogens with zero attached hydrogens (tertiary/aromatic N) is 2. The van der Waals surface area contributed by atoms with Crippen LogP contribution in [0.15, 0.2) is 0 Å². The maximum atomic E-state index is 12.6. The highest BCUT2D eigenvalue weighted by atomic mass is 16.4. The molecule has 1 rings (SSSR count). The molecule has 1 saturated heterocycles. The van der Waals surface area contributed by atoms with E-state index in [0.29, 0.717) is 0 Å². The summed E-state index contributed by atoms with van der Waals surface area (Å²) in [6.45, 7) is 7.47. The van der Waals surface area contributed by atoms with Gasteiger partial charge >= 0.3 is 5.97 Å². The first-order valence-electron chi connectivity index (χ1n) is 7.73. The molecular weight excluding hydrogens is 256 g/mol. The van der Waals surface area contributed by atoms with E-state index in [1.807, 2.05) is 20.8 Å². The Balaban J connectivity index is 2.73. The van der Waals surface area contributed by atoms with Gasteiger partial charge in [0, 0.05) is 6.04 Å². The highest BCUT2D eigenvalue weighted by molar-refractivity contribution is 5.85. The highest BCUT2D eigenvalue weighted by Gasteiger charge is 2.29. The van der Waals surface area contributed by atoms with Crippen molar-refractivity contribution in [3.63, 3.8) is 0 Å². The lowest BCUT2D eigenvalue weighted by molar-refractivity contribution is -0.148. The third-order valence-corrected chi connectivity index (χ3v) is 4.26. The molecule has 0 saturated carbocycles. The van der Waals surface area contributed by atoms with Gasteiger partial charge < -0.3 is 10.0 Å². The van der Waals surface area contributed by atoms with Crippen LogP contribution in [-0.2, 0) is 9.59 Å². The molecule has 0 aliphatic carbocycles. The van der Waals surface area contributed by atoms with Crippen LogP contribution >= 0.6 is 0 Å². The lowest BCUT2D eigenvalue weighted by Crippen LogP contribution is -2.51. The third kappa shape index (κ3) is 4.78. The molecule has 0 radical (unpaired) electrons. The molecule has 0 aromatic carbocycles. The molecule has 0 aromatic heterocycles. The average Bonchev–Trinajstić information content (AvgIpc) is 2.71. The van der Waals surface area contributed by atoms with Crippen LogP contribution in [0.1, 0.15) is 52.9 Å². The largest absolute Gasteiger partial charge is 0.480 e. The van der Waals surface area contributed by atoms with Crippen LogP contribution < -0.4 is 0 Å².